The molecule has 34 heavy (non-hydrogen) atoms. The lowest BCUT2D eigenvalue weighted by atomic mass is 9.76. The second-order valence-electron chi connectivity index (χ2n) is 10.4. The molecule has 3 rings (SSSR count). The van der Waals surface area contributed by atoms with Crippen molar-refractivity contribution in [2.45, 2.75) is 84.8 Å². The van der Waals surface area contributed by atoms with Crippen LogP contribution in [0.4, 0.5) is 0 Å². The molecule has 0 aromatic heterocycles. The summed E-state index contributed by atoms with van der Waals surface area (Å²) in [6.07, 6.45) is 2.08. The van der Waals surface area contributed by atoms with E-state index in [-0.39, 0.29) is 28.1 Å². The van der Waals surface area contributed by atoms with Gasteiger partial charge < -0.3 is 15.2 Å². The molecule has 0 fully saturated rings. The van der Waals surface area contributed by atoms with Crippen LogP contribution in [0.25, 0.3) is 10.8 Å². The Bertz CT molecular complexity index is 1160. The molecule has 4 heteroatoms. The van der Waals surface area contributed by atoms with E-state index < -0.39 is 6.23 Å². The van der Waals surface area contributed by atoms with Gasteiger partial charge in [-0.1, -0.05) is 90.9 Å². The number of hydrogen-bond acceptors (Lipinski definition) is 3. The van der Waals surface area contributed by atoms with Crippen molar-refractivity contribution in [1.29, 1.82) is 0 Å². The lowest BCUT2D eigenvalue weighted by Gasteiger charge is -2.31. The van der Waals surface area contributed by atoms with Gasteiger partial charge in [-0.15, -0.1) is 0 Å². The molecule has 0 aliphatic rings. The van der Waals surface area contributed by atoms with E-state index >= 15 is 0 Å². The molecule has 0 aliphatic heterocycles. The molecule has 0 spiro atoms. The molecule has 1 amide bonds. The van der Waals surface area contributed by atoms with Gasteiger partial charge in [0.15, 0.2) is 6.23 Å². The van der Waals surface area contributed by atoms with E-state index in [1.54, 1.807) is 6.07 Å². The summed E-state index contributed by atoms with van der Waals surface area (Å²) in [5, 5.41) is 15.2. The number of aromatic hydroxyl groups is 1. The second-order valence-corrected chi connectivity index (χ2v) is 10.4. The van der Waals surface area contributed by atoms with Crippen molar-refractivity contribution in [3.8, 4) is 11.5 Å². The Labute approximate surface area is 204 Å². The van der Waals surface area contributed by atoms with Gasteiger partial charge in [0.25, 0.3) is 5.91 Å². The molecule has 3 aromatic rings. The van der Waals surface area contributed by atoms with Crippen molar-refractivity contribution >= 4 is 16.7 Å². The minimum Gasteiger partial charge on any atom is -0.506 e. The summed E-state index contributed by atoms with van der Waals surface area (Å²) in [6, 6.07) is 17.4. The predicted molar refractivity (Wildman–Crippen MR) is 141 cm³/mol. The van der Waals surface area contributed by atoms with E-state index in [4.69, 9.17) is 4.74 Å². The van der Waals surface area contributed by atoms with Crippen LogP contribution in [-0.4, -0.2) is 17.2 Å². The van der Waals surface area contributed by atoms with Crippen LogP contribution >= 0.6 is 0 Å². The van der Waals surface area contributed by atoms with Crippen LogP contribution in [0.1, 0.15) is 89.2 Å². The highest BCUT2D eigenvalue weighted by molar-refractivity contribution is 6.03. The molecule has 0 saturated carbocycles. The maximum absolute atomic E-state index is 13.1. The lowest BCUT2D eigenvalue weighted by Crippen LogP contribution is -2.39. The van der Waals surface area contributed by atoms with Gasteiger partial charge in [-0.2, -0.15) is 0 Å². The molecule has 4 nitrogen and oxygen atoms in total. The highest BCUT2D eigenvalue weighted by Crippen LogP contribution is 2.39. The SMILES string of the molecule is CCC(NC(=O)c1ccc2ccccc2c1O)Oc1ccc(C(C)(C)CC)cc1C(C)(C)CC. The summed E-state index contributed by atoms with van der Waals surface area (Å²) >= 11 is 0. The summed E-state index contributed by atoms with van der Waals surface area (Å²) in [6.45, 7) is 15.3. The fourth-order valence-corrected chi connectivity index (χ4v) is 4.01. The average Bonchev–Trinajstić information content (AvgIpc) is 2.83. The molecular weight excluding hydrogens is 422 g/mol. The van der Waals surface area contributed by atoms with E-state index in [1.165, 1.54) is 5.56 Å². The first-order chi connectivity index (χ1) is 16.0. The first kappa shape index (κ1) is 25.6. The molecule has 0 heterocycles. The minimum atomic E-state index is -0.519. The van der Waals surface area contributed by atoms with Crippen LogP contribution < -0.4 is 10.1 Å². The van der Waals surface area contributed by atoms with Crippen molar-refractivity contribution in [1.82, 2.24) is 5.32 Å². The van der Waals surface area contributed by atoms with Crippen LogP contribution in [0, 0.1) is 0 Å². The normalized spacial score (nSPS) is 13.0. The highest BCUT2D eigenvalue weighted by Gasteiger charge is 2.28. The van der Waals surface area contributed by atoms with E-state index in [2.05, 4.69) is 59.0 Å². The van der Waals surface area contributed by atoms with Crippen LogP contribution in [0.5, 0.6) is 11.5 Å². The van der Waals surface area contributed by atoms with Crippen LogP contribution in [-0.2, 0) is 10.8 Å². The Hall–Kier alpha value is -3.01. The number of rotatable bonds is 9. The van der Waals surface area contributed by atoms with E-state index in [0.29, 0.717) is 11.8 Å². The largest absolute Gasteiger partial charge is 0.506 e. The Kier molecular flexibility index (Phi) is 7.60. The van der Waals surface area contributed by atoms with E-state index in [0.717, 1.165) is 29.5 Å². The fourth-order valence-electron chi connectivity index (χ4n) is 4.01. The van der Waals surface area contributed by atoms with Gasteiger partial charge in [0.05, 0.1) is 5.56 Å². The number of phenols is 1. The second kappa shape index (κ2) is 10.1. The first-order valence-corrected chi connectivity index (χ1v) is 12.4. The van der Waals surface area contributed by atoms with Crippen LogP contribution in [0.3, 0.4) is 0 Å². The highest BCUT2D eigenvalue weighted by atomic mass is 16.5. The number of carbonyl (C=O) groups is 1. The van der Waals surface area contributed by atoms with Crippen molar-refractivity contribution in [3.05, 3.63) is 71.3 Å². The molecule has 1 unspecified atom stereocenters. The van der Waals surface area contributed by atoms with Gasteiger partial charge in [-0.3, -0.25) is 4.79 Å². The predicted octanol–water partition coefficient (Wildman–Crippen LogP) is 7.47. The third kappa shape index (κ3) is 5.22. The monoisotopic (exact) mass is 461 g/mol. The molecule has 0 aliphatic carbocycles. The Balaban J connectivity index is 1.90. The molecular formula is C30H39NO3. The number of nitrogens with one attached hydrogen (secondary N) is 1. The summed E-state index contributed by atoms with van der Waals surface area (Å²) in [5.41, 5.74) is 2.68. The van der Waals surface area contributed by atoms with E-state index in [9.17, 15) is 9.90 Å². The summed E-state index contributed by atoms with van der Waals surface area (Å²) in [5.74, 6) is 0.428. The standard InChI is InChI=1S/C30H39NO3/c1-8-26(31-28(33)23-17-15-20-13-11-12-14-22(20)27(23)32)34-25-18-16-21(29(4,5)9-2)19-24(25)30(6,7)10-3/h11-19,26,32H,8-10H2,1-7H3,(H,31,33). The molecule has 3 aromatic carbocycles. The van der Waals surface area contributed by atoms with Gasteiger partial charge >= 0.3 is 0 Å². The Morgan fingerprint density at radius 3 is 2.26 bits per heavy atom. The van der Waals surface area contributed by atoms with Gasteiger partial charge in [0, 0.05) is 17.4 Å². The van der Waals surface area contributed by atoms with Crippen LogP contribution in [0.2, 0.25) is 0 Å². The van der Waals surface area contributed by atoms with Gasteiger partial charge in [-0.25, -0.2) is 0 Å². The zero-order valence-corrected chi connectivity index (χ0v) is 21.7. The van der Waals surface area contributed by atoms with Gasteiger partial charge in [0.1, 0.15) is 11.5 Å². The minimum absolute atomic E-state index is 0.00981. The smallest absolute Gasteiger partial charge is 0.257 e. The Morgan fingerprint density at radius 1 is 0.941 bits per heavy atom. The van der Waals surface area contributed by atoms with E-state index in [1.807, 2.05) is 43.3 Å². The molecule has 1 atom stereocenters. The number of amides is 1. The third-order valence-corrected chi connectivity index (χ3v) is 7.34. The van der Waals surface area contributed by atoms with Crippen molar-refractivity contribution in [2.24, 2.45) is 0 Å². The zero-order valence-electron chi connectivity index (χ0n) is 21.7. The number of fused-ring (bicyclic) bond motifs is 1. The molecule has 0 bridgehead atoms. The van der Waals surface area contributed by atoms with Crippen molar-refractivity contribution < 1.29 is 14.6 Å². The fraction of sp³-hybridized carbons (Fsp3) is 0.433. The molecule has 2 N–H and O–H groups in total. The molecule has 0 saturated heterocycles. The maximum Gasteiger partial charge on any atom is 0.257 e. The number of hydrogen-bond donors (Lipinski definition) is 2. The average molecular weight is 462 g/mol. The zero-order chi connectivity index (χ0) is 25.1. The number of phenolic OH excluding ortho intramolecular Hbond substituents is 1. The van der Waals surface area contributed by atoms with Crippen molar-refractivity contribution in [3.63, 3.8) is 0 Å². The topological polar surface area (TPSA) is 58.6 Å². The summed E-state index contributed by atoms with van der Waals surface area (Å²) in [4.78, 5) is 13.1. The summed E-state index contributed by atoms with van der Waals surface area (Å²) < 4.78 is 6.39. The van der Waals surface area contributed by atoms with Gasteiger partial charge in [0.2, 0.25) is 0 Å². The van der Waals surface area contributed by atoms with Crippen LogP contribution in [0.15, 0.2) is 54.6 Å². The quantitative estimate of drug-likeness (QED) is 0.325. The molecule has 182 valence electrons. The maximum atomic E-state index is 13.1. The Morgan fingerprint density at radius 2 is 1.62 bits per heavy atom. The van der Waals surface area contributed by atoms with Gasteiger partial charge in [-0.05, 0) is 46.8 Å². The number of ether oxygens (including phenoxy) is 1. The lowest BCUT2D eigenvalue weighted by molar-refractivity contribution is 0.0816. The summed E-state index contributed by atoms with van der Waals surface area (Å²) in [7, 11) is 0. The molecule has 0 radical (unpaired) electrons. The third-order valence-electron chi connectivity index (χ3n) is 7.34. The van der Waals surface area contributed by atoms with Crippen molar-refractivity contribution in [2.75, 3.05) is 0 Å². The first-order valence-electron chi connectivity index (χ1n) is 12.4. The number of benzene rings is 3. The number of carbonyl (C=O) groups excluding carboxylic acids is 1.